The number of carbonyl (C=O) groups excluding carboxylic acids is 1. The number of alkyl halides is 3. The summed E-state index contributed by atoms with van der Waals surface area (Å²) in [5, 5.41) is 4.77. The lowest BCUT2D eigenvalue weighted by molar-refractivity contribution is -0.137. The van der Waals surface area contributed by atoms with E-state index in [0.717, 1.165) is 61.1 Å². The third-order valence-corrected chi connectivity index (χ3v) is 6.31. The van der Waals surface area contributed by atoms with Crippen LogP contribution < -0.4 is 5.32 Å². The number of anilines is 1. The number of morpholine rings is 1. The lowest BCUT2D eigenvalue weighted by Gasteiger charge is -2.26. The quantitative estimate of drug-likeness (QED) is 0.491. The molecule has 0 aliphatic carbocycles. The Bertz CT molecular complexity index is 1130. The van der Waals surface area contributed by atoms with Crippen LogP contribution in [0.15, 0.2) is 47.8 Å². The molecule has 1 saturated heterocycles. The lowest BCUT2D eigenvalue weighted by atomic mass is 10.1. The first kappa shape index (κ1) is 23.7. The molecule has 174 valence electrons. The molecule has 1 fully saturated rings. The number of hydrogen-bond acceptors (Lipinski definition) is 5. The second-order valence-electron chi connectivity index (χ2n) is 7.65. The zero-order chi connectivity index (χ0) is 23.4. The van der Waals surface area contributed by atoms with Crippen LogP contribution in [0.25, 0.3) is 10.6 Å². The van der Waals surface area contributed by atoms with E-state index in [-0.39, 0.29) is 17.1 Å². The number of carbonyl (C=O) groups is 1. The lowest BCUT2D eigenvalue weighted by Crippen LogP contribution is -2.35. The minimum atomic E-state index is -4.63. The number of halogens is 4. The number of aromatic nitrogens is 1. The Morgan fingerprint density at radius 1 is 1.18 bits per heavy atom. The van der Waals surface area contributed by atoms with Crippen molar-refractivity contribution < 1.29 is 22.7 Å². The van der Waals surface area contributed by atoms with Crippen molar-refractivity contribution in [1.29, 1.82) is 0 Å². The fourth-order valence-electron chi connectivity index (χ4n) is 3.56. The predicted octanol–water partition coefficient (Wildman–Crippen LogP) is 5.50. The van der Waals surface area contributed by atoms with Gasteiger partial charge >= 0.3 is 6.18 Å². The van der Waals surface area contributed by atoms with E-state index in [4.69, 9.17) is 16.3 Å². The van der Waals surface area contributed by atoms with Crippen LogP contribution in [0.5, 0.6) is 0 Å². The molecule has 0 atom stereocenters. The van der Waals surface area contributed by atoms with Gasteiger partial charge in [0, 0.05) is 35.6 Å². The molecule has 2 aromatic carbocycles. The van der Waals surface area contributed by atoms with Crippen molar-refractivity contribution in [2.75, 3.05) is 31.6 Å². The average Bonchev–Trinajstić information content (AvgIpc) is 3.23. The molecular weight excluding hydrogens is 475 g/mol. The van der Waals surface area contributed by atoms with Gasteiger partial charge in [-0.25, -0.2) is 4.98 Å². The van der Waals surface area contributed by atoms with Gasteiger partial charge in [-0.15, -0.1) is 11.3 Å². The Morgan fingerprint density at radius 3 is 2.73 bits per heavy atom. The summed E-state index contributed by atoms with van der Waals surface area (Å²) in [7, 11) is 0. The monoisotopic (exact) mass is 495 g/mol. The Morgan fingerprint density at radius 2 is 1.97 bits per heavy atom. The normalized spacial score (nSPS) is 14.9. The van der Waals surface area contributed by atoms with Gasteiger partial charge in [-0.3, -0.25) is 9.69 Å². The summed E-state index contributed by atoms with van der Waals surface area (Å²) < 4.78 is 45.1. The molecule has 2 heterocycles. The maximum Gasteiger partial charge on any atom is 0.418 e. The third kappa shape index (κ3) is 6.32. The highest BCUT2D eigenvalue weighted by atomic mass is 35.5. The van der Waals surface area contributed by atoms with Crippen molar-refractivity contribution in [3.8, 4) is 10.6 Å². The van der Waals surface area contributed by atoms with Crippen molar-refractivity contribution in [2.24, 2.45) is 0 Å². The van der Waals surface area contributed by atoms with Crippen LogP contribution in [-0.2, 0) is 28.7 Å². The van der Waals surface area contributed by atoms with Gasteiger partial charge in [0.25, 0.3) is 0 Å². The van der Waals surface area contributed by atoms with E-state index in [0.29, 0.717) is 5.69 Å². The van der Waals surface area contributed by atoms with Crippen molar-refractivity contribution in [3.05, 3.63) is 69.7 Å². The second-order valence-corrected chi connectivity index (χ2v) is 8.94. The number of nitrogens with one attached hydrogen (secondary N) is 1. The van der Waals surface area contributed by atoms with Crippen LogP contribution in [0.4, 0.5) is 18.9 Å². The van der Waals surface area contributed by atoms with Crippen LogP contribution in [0.2, 0.25) is 5.02 Å². The van der Waals surface area contributed by atoms with E-state index in [1.54, 1.807) is 5.38 Å². The number of ether oxygens (including phenoxy) is 1. The van der Waals surface area contributed by atoms with E-state index in [9.17, 15) is 18.0 Å². The Balaban J connectivity index is 1.42. The molecule has 1 N–H and O–H groups in total. The highest BCUT2D eigenvalue weighted by Crippen LogP contribution is 2.36. The number of rotatable bonds is 6. The number of hydrogen-bond donors (Lipinski definition) is 1. The van der Waals surface area contributed by atoms with Crippen LogP contribution in [0.1, 0.15) is 16.8 Å². The van der Waals surface area contributed by atoms with E-state index < -0.39 is 17.6 Å². The maximum absolute atomic E-state index is 13.2. The molecule has 0 spiro atoms. The van der Waals surface area contributed by atoms with Gasteiger partial charge < -0.3 is 10.1 Å². The minimum Gasteiger partial charge on any atom is -0.379 e. The summed E-state index contributed by atoms with van der Waals surface area (Å²) in [5.41, 5.74) is 1.27. The Hall–Kier alpha value is -2.46. The first-order valence-corrected chi connectivity index (χ1v) is 11.5. The topological polar surface area (TPSA) is 54.5 Å². The minimum absolute atomic E-state index is 0.0553. The first-order chi connectivity index (χ1) is 15.8. The molecule has 0 radical (unpaired) electrons. The van der Waals surface area contributed by atoms with Crippen LogP contribution in [0, 0.1) is 0 Å². The smallest absolute Gasteiger partial charge is 0.379 e. The maximum atomic E-state index is 13.2. The largest absolute Gasteiger partial charge is 0.418 e. The van der Waals surface area contributed by atoms with Gasteiger partial charge in [-0.05, 0) is 29.8 Å². The highest BCUT2D eigenvalue weighted by molar-refractivity contribution is 7.13. The van der Waals surface area contributed by atoms with Gasteiger partial charge in [0.2, 0.25) is 5.91 Å². The summed E-state index contributed by atoms with van der Waals surface area (Å²) in [5.74, 6) is -0.583. The number of nitrogens with zero attached hydrogens (tertiary/aromatic N) is 2. The SMILES string of the molecule is O=C(Cc1csc(-c2cccc(CN3CCOCC3)c2)n1)Nc1ccc(Cl)cc1C(F)(F)F. The van der Waals surface area contributed by atoms with Crippen molar-refractivity contribution in [1.82, 2.24) is 9.88 Å². The molecule has 1 aromatic heterocycles. The molecule has 0 bridgehead atoms. The van der Waals surface area contributed by atoms with Crippen molar-refractivity contribution in [3.63, 3.8) is 0 Å². The zero-order valence-electron chi connectivity index (χ0n) is 17.5. The molecule has 1 aliphatic heterocycles. The predicted molar refractivity (Wildman–Crippen MR) is 122 cm³/mol. The van der Waals surface area contributed by atoms with Gasteiger partial charge in [-0.2, -0.15) is 13.2 Å². The van der Waals surface area contributed by atoms with Crippen LogP contribution in [0.3, 0.4) is 0 Å². The summed E-state index contributed by atoms with van der Waals surface area (Å²) >= 11 is 7.08. The van der Waals surface area contributed by atoms with Crippen LogP contribution in [-0.4, -0.2) is 42.1 Å². The number of benzene rings is 2. The molecule has 5 nitrogen and oxygen atoms in total. The van der Waals surface area contributed by atoms with Gasteiger partial charge in [0.05, 0.1) is 36.6 Å². The zero-order valence-corrected chi connectivity index (χ0v) is 19.1. The number of amides is 1. The summed E-state index contributed by atoms with van der Waals surface area (Å²) in [6.07, 6.45) is -4.77. The third-order valence-electron chi connectivity index (χ3n) is 5.14. The number of thiazole rings is 1. The van der Waals surface area contributed by atoms with Gasteiger partial charge in [-0.1, -0.05) is 29.8 Å². The molecule has 1 aliphatic rings. The standard InChI is InChI=1S/C23H21ClF3N3O2S/c24-17-4-5-20(19(11-17)23(25,26)27)29-21(31)12-18-14-33-22(28-18)16-3-1-2-15(10-16)13-30-6-8-32-9-7-30/h1-5,10-11,14H,6-9,12-13H2,(H,29,31). The summed E-state index contributed by atoms with van der Waals surface area (Å²) in [4.78, 5) is 19.2. The Kier molecular flexibility index (Phi) is 7.33. The summed E-state index contributed by atoms with van der Waals surface area (Å²) in [6, 6.07) is 11.3. The van der Waals surface area contributed by atoms with Crippen molar-refractivity contribution >= 4 is 34.5 Å². The molecular formula is C23H21ClF3N3O2S. The molecule has 1 amide bonds. The Labute approximate surface area is 198 Å². The molecule has 10 heteroatoms. The van der Waals surface area contributed by atoms with E-state index in [2.05, 4.69) is 27.3 Å². The average molecular weight is 496 g/mol. The molecule has 0 saturated carbocycles. The molecule has 3 aromatic rings. The second kappa shape index (κ2) is 10.2. The van der Waals surface area contributed by atoms with Crippen molar-refractivity contribution in [2.45, 2.75) is 19.1 Å². The first-order valence-electron chi connectivity index (χ1n) is 10.3. The van der Waals surface area contributed by atoms with Crippen LogP contribution >= 0.6 is 22.9 Å². The van der Waals surface area contributed by atoms with E-state index >= 15 is 0 Å². The molecule has 0 unspecified atom stereocenters. The fourth-order valence-corrected chi connectivity index (χ4v) is 4.55. The highest BCUT2D eigenvalue weighted by Gasteiger charge is 2.34. The fraction of sp³-hybridized carbons (Fsp3) is 0.304. The molecule has 33 heavy (non-hydrogen) atoms. The van der Waals surface area contributed by atoms with Gasteiger partial charge in [0.1, 0.15) is 5.01 Å². The summed E-state index contributed by atoms with van der Waals surface area (Å²) in [6.45, 7) is 4.07. The van der Waals surface area contributed by atoms with E-state index in [1.165, 1.54) is 17.4 Å². The van der Waals surface area contributed by atoms with E-state index in [1.807, 2.05) is 12.1 Å². The molecule has 4 rings (SSSR count). The van der Waals surface area contributed by atoms with Gasteiger partial charge in [0.15, 0.2) is 0 Å².